The maximum absolute atomic E-state index is 11.9. The standard InChI is InChI=1S/C12H14N2O6S/c1-20-12(8-14(11(12)16)21(17,18)19)13-10(15)7-9-5-3-2-4-6-9/h2-6H,7-8H2,1H3,(H,13,15)(H,17,18,19)/t12-/m1/s1. The molecule has 1 fully saturated rings. The second-order valence-corrected chi connectivity index (χ2v) is 5.87. The molecular formula is C12H14N2O6S. The fourth-order valence-electron chi connectivity index (χ4n) is 1.98. The van der Waals surface area contributed by atoms with Crippen LogP contribution in [0, 0.1) is 0 Å². The van der Waals surface area contributed by atoms with Gasteiger partial charge in [0.2, 0.25) is 11.6 Å². The van der Waals surface area contributed by atoms with Crippen molar-refractivity contribution in [2.75, 3.05) is 13.7 Å². The SMILES string of the molecule is CO[C@]1(NC(=O)Cc2ccccc2)CN(S(=O)(=O)O)C1=O. The number of ether oxygens (including phenoxy) is 1. The van der Waals surface area contributed by atoms with E-state index in [9.17, 15) is 18.0 Å². The van der Waals surface area contributed by atoms with Crippen molar-refractivity contribution in [1.82, 2.24) is 9.62 Å². The number of carbonyl (C=O) groups excluding carboxylic acids is 2. The zero-order chi connectivity index (χ0) is 15.7. The number of rotatable bonds is 5. The van der Waals surface area contributed by atoms with Gasteiger partial charge in [-0.1, -0.05) is 30.3 Å². The Labute approximate surface area is 121 Å². The Kier molecular flexibility index (Phi) is 3.99. The molecule has 0 bridgehead atoms. The lowest BCUT2D eigenvalue weighted by Gasteiger charge is -2.44. The minimum Gasteiger partial charge on any atom is -0.349 e. The topological polar surface area (TPSA) is 113 Å². The van der Waals surface area contributed by atoms with E-state index >= 15 is 0 Å². The van der Waals surface area contributed by atoms with Gasteiger partial charge in [0.25, 0.3) is 5.91 Å². The van der Waals surface area contributed by atoms with Crippen LogP contribution in [0.2, 0.25) is 0 Å². The molecule has 1 aromatic rings. The van der Waals surface area contributed by atoms with Crippen molar-refractivity contribution in [2.45, 2.75) is 12.1 Å². The van der Waals surface area contributed by atoms with Crippen LogP contribution in [0.25, 0.3) is 0 Å². The molecule has 8 nitrogen and oxygen atoms in total. The van der Waals surface area contributed by atoms with Gasteiger partial charge in [0.05, 0.1) is 13.0 Å². The highest BCUT2D eigenvalue weighted by Crippen LogP contribution is 2.26. The van der Waals surface area contributed by atoms with E-state index in [0.29, 0.717) is 0 Å². The minimum absolute atomic E-state index is 0.0190. The molecule has 2 amide bonds. The Hall–Kier alpha value is -1.97. The third kappa shape index (κ3) is 3.04. The number of amides is 2. The normalized spacial score (nSPS) is 21.8. The smallest absolute Gasteiger partial charge is 0.349 e. The molecule has 0 saturated carbocycles. The zero-order valence-electron chi connectivity index (χ0n) is 11.1. The van der Waals surface area contributed by atoms with Crippen LogP contribution in [-0.4, -0.2) is 48.5 Å². The molecule has 2 rings (SSSR count). The van der Waals surface area contributed by atoms with Crippen LogP contribution in [0.4, 0.5) is 0 Å². The highest BCUT2D eigenvalue weighted by atomic mass is 32.2. The van der Waals surface area contributed by atoms with Crippen LogP contribution in [0.5, 0.6) is 0 Å². The predicted molar refractivity (Wildman–Crippen MR) is 71.3 cm³/mol. The van der Waals surface area contributed by atoms with Crippen molar-refractivity contribution in [2.24, 2.45) is 0 Å². The molecule has 0 spiro atoms. The predicted octanol–water partition coefficient (Wildman–Crippen LogP) is -0.667. The number of carbonyl (C=O) groups is 2. The van der Waals surface area contributed by atoms with Crippen molar-refractivity contribution >= 4 is 22.1 Å². The summed E-state index contributed by atoms with van der Waals surface area (Å²) in [6.07, 6.45) is 0.0190. The first-order valence-corrected chi connectivity index (χ1v) is 7.38. The molecule has 0 unspecified atom stereocenters. The Morgan fingerprint density at radius 1 is 1.43 bits per heavy atom. The summed E-state index contributed by atoms with van der Waals surface area (Å²) in [6.45, 7) is -0.471. The lowest BCUT2D eigenvalue weighted by molar-refractivity contribution is -0.180. The Morgan fingerprint density at radius 3 is 2.52 bits per heavy atom. The first-order chi connectivity index (χ1) is 9.78. The summed E-state index contributed by atoms with van der Waals surface area (Å²) >= 11 is 0. The third-order valence-electron chi connectivity index (χ3n) is 3.11. The molecule has 114 valence electrons. The Bertz CT molecular complexity index is 660. The zero-order valence-corrected chi connectivity index (χ0v) is 12.0. The molecule has 2 N–H and O–H groups in total. The molecule has 1 aromatic carbocycles. The summed E-state index contributed by atoms with van der Waals surface area (Å²) in [5, 5.41) is 2.35. The quantitative estimate of drug-likeness (QED) is 0.423. The first kappa shape index (κ1) is 15.4. The molecule has 0 aromatic heterocycles. The second-order valence-electron chi connectivity index (χ2n) is 4.53. The van der Waals surface area contributed by atoms with Gasteiger partial charge in [-0.2, -0.15) is 8.42 Å². The maximum Gasteiger partial charge on any atom is 0.362 e. The van der Waals surface area contributed by atoms with Crippen LogP contribution in [0.3, 0.4) is 0 Å². The fourth-order valence-corrected chi connectivity index (χ4v) is 2.69. The van der Waals surface area contributed by atoms with E-state index in [1.165, 1.54) is 7.11 Å². The van der Waals surface area contributed by atoms with Crippen LogP contribution in [-0.2, 0) is 31.1 Å². The minimum atomic E-state index is -4.64. The molecule has 1 atom stereocenters. The van der Waals surface area contributed by atoms with Crippen LogP contribution >= 0.6 is 0 Å². The highest BCUT2D eigenvalue weighted by Gasteiger charge is 2.58. The van der Waals surface area contributed by atoms with Crippen molar-refractivity contribution in [3.8, 4) is 0 Å². The van der Waals surface area contributed by atoms with Gasteiger partial charge in [0, 0.05) is 7.11 Å². The van der Waals surface area contributed by atoms with Crippen LogP contribution in [0.15, 0.2) is 30.3 Å². The van der Waals surface area contributed by atoms with Gasteiger partial charge in [-0.25, -0.2) is 4.31 Å². The van der Waals surface area contributed by atoms with Gasteiger partial charge in [0.15, 0.2) is 0 Å². The second kappa shape index (κ2) is 5.43. The van der Waals surface area contributed by atoms with E-state index in [2.05, 4.69) is 5.32 Å². The number of nitrogens with zero attached hydrogens (tertiary/aromatic N) is 1. The van der Waals surface area contributed by atoms with Gasteiger partial charge in [0.1, 0.15) is 0 Å². The maximum atomic E-state index is 11.9. The lowest BCUT2D eigenvalue weighted by Crippen LogP contribution is -2.76. The molecular weight excluding hydrogens is 300 g/mol. The fraction of sp³-hybridized carbons (Fsp3) is 0.333. The molecule has 1 saturated heterocycles. The summed E-state index contributed by atoms with van der Waals surface area (Å²) in [5.74, 6) is -1.53. The van der Waals surface area contributed by atoms with Gasteiger partial charge < -0.3 is 10.1 Å². The monoisotopic (exact) mass is 314 g/mol. The van der Waals surface area contributed by atoms with Crippen molar-refractivity contribution in [3.05, 3.63) is 35.9 Å². The van der Waals surface area contributed by atoms with Crippen molar-refractivity contribution in [1.29, 1.82) is 0 Å². The van der Waals surface area contributed by atoms with E-state index in [1.807, 2.05) is 0 Å². The summed E-state index contributed by atoms with van der Waals surface area (Å²) in [7, 11) is -3.47. The van der Waals surface area contributed by atoms with Gasteiger partial charge in [-0.3, -0.25) is 14.1 Å². The summed E-state index contributed by atoms with van der Waals surface area (Å²) < 4.78 is 35.8. The Morgan fingerprint density at radius 2 is 2.05 bits per heavy atom. The molecule has 0 aliphatic carbocycles. The number of hydrogen-bond donors (Lipinski definition) is 2. The highest BCUT2D eigenvalue weighted by molar-refractivity contribution is 7.84. The van der Waals surface area contributed by atoms with E-state index < -0.39 is 34.4 Å². The number of nitrogens with one attached hydrogen (secondary N) is 1. The van der Waals surface area contributed by atoms with E-state index in [1.54, 1.807) is 30.3 Å². The first-order valence-electron chi connectivity index (χ1n) is 5.98. The number of β-lactam (4-membered cyclic amide) rings is 1. The molecule has 1 heterocycles. The van der Waals surface area contributed by atoms with E-state index in [-0.39, 0.29) is 10.7 Å². The number of hydrogen-bond acceptors (Lipinski definition) is 5. The number of benzene rings is 1. The lowest BCUT2D eigenvalue weighted by atomic mass is 10.1. The van der Waals surface area contributed by atoms with Crippen molar-refractivity contribution in [3.63, 3.8) is 0 Å². The molecule has 0 radical (unpaired) electrons. The largest absolute Gasteiger partial charge is 0.362 e. The average Bonchev–Trinajstić information content (AvgIpc) is 2.42. The summed E-state index contributed by atoms with van der Waals surface area (Å²) in [4.78, 5) is 23.7. The average molecular weight is 314 g/mol. The van der Waals surface area contributed by atoms with E-state index in [4.69, 9.17) is 9.29 Å². The summed E-state index contributed by atoms with van der Waals surface area (Å²) in [6, 6.07) is 8.82. The number of methoxy groups -OCH3 is 1. The Balaban J connectivity index is 2.04. The van der Waals surface area contributed by atoms with Gasteiger partial charge >= 0.3 is 10.3 Å². The molecule has 1 aliphatic heterocycles. The van der Waals surface area contributed by atoms with Crippen LogP contribution < -0.4 is 5.32 Å². The molecule has 21 heavy (non-hydrogen) atoms. The van der Waals surface area contributed by atoms with E-state index in [0.717, 1.165) is 5.56 Å². The van der Waals surface area contributed by atoms with Gasteiger partial charge in [-0.05, 0) is 5.56 Å². The molecule has 9 heteroatoms. The van der Waals surface area contributed by atoms with Crippen LogP contribution in [0.1, 0.15) is 5.56 Å². The van der Waals surface area contributed by atoms with Gasteiger partial charge in [-0.15, -0.1) is 0 Å². The third-order valence-corrected chi connectivity index (χ3v) is 3.97. The summed E-state index contributed by atoms with van der Waals surface area (Å²) in [5.41, 5.74) is -1.01. The van der Waals surface area contributed by atoms with Crippen molar-refractivity contribution < 1.29 is 27.3 Å². The molecule has 1 aliphatic rings.